The number of carboxylic acids is 1. The van der Waals surface area contributed by atoms with Gasteiger partial charge in [-0.25, -0.2) is 0 Å². The molecule has 0 radical (unpaired) electrons. The van der Waals surface area contributed by atoms with Crippen LogP contribution in [0.25, 0.3) is 10.9 Å². The van der Waals surface area contributed by atoms with Gasteiger partial charge in [-0.3, -0.25) is 14.6 Å². The van der Waals surface area contributed by atoms with Crippen LogP contribution < -0.4 is 0 Å². The Labute approximate surface area is 128 Å². The average Bonchev–Trinajstić information content (AvgIpc) is 2.89. The highest BCUT2D eigenvalue weighted by Gasteiger charge is 2.36. The van der Waals surface area contributed by atoms with Gasteiger partial charge < -0.3 is 10.0 Å². The smallest absolute Gasteiger partial charge is 0.308 e. The molecule has 3 rings (SSSR count). The molecule has 1 saturated heterocycles. The van der Waals surface area contributed by atoms with Gasteiger partial charge in [-0.05, 0) is 23.6 Å². The van der Waals surface area contributed by atoms with E-state index in [1.54, 1.807) is 11.1 Å². The van der Waals surface area contributed by atoms with Crippen LogP contribution in [-0.2, 0) is 16.0 Å². The molecule has 1 aromatic carbocycles. The summed E-state index contributed by atoms with van der Waals surface area (Å²) in [6, 6.07) is 9.73. The van der Waals surface area contributed by atoms with Crippen LogP contribution >= 0.6 is 0 Å². The van der Waals surface area contributed by atoms with Crippen LogP contribution in [0, 0.1) is 11.8 Å². The summed E-state index contributed by atoms with van der Waals surface area (Å²) in [5.41, 5.74) is 1.76. The second-order valence-corrected chi connectivity index (χ2v) is 5.93. The number of rotatable bonds is 3. The van der Waals surface area contributed by atoms with Crippen molar-refractivity contribution in [3.63, 3.8) is 0 Å². The quantitative estimate of drug-likeness (QED) is 0.940. The lowest BCUT2D eigenvalue weighted by Crippen LogP contribution is -2.31. The van der Waals surface area contributed by atoms with E-state index in [1.807, 2.05) is 37.3 Å². The summed E-state index contributed by atoms with van der Waals surface area (Å²) in [6.07, 6.45) is 1.98. The third-order valence-electron chi connectivity index (χ3n) is 4.28. The Morgan fingerprint density at radius 1 is 1.32 bits per heavy atom. The van der Waals surface area contributed by atoms with Crippen LogP contribution in [0.4, 0.5) is 0 Å². The van der Waals surface area contributed by atoms with Crippen molar-refractivity contribution in [2.24, 2.45) is 11.8 Å². The lowest BCUT2D eigenvalue weighted by molar-refractivity contribution is -0.142. The fourth-order valence-corrected chi connectivity index (χ4v) is 2.99. The van der Waals surface area contributed by atoms with Gasteiger partial charge in [-0.15, -0.1) is 0 Å². The topological polar surface area (TPSA) is 70.5 Å². The third-order valence-corrected chi connectivity index (χ3v) is 4.28. The summed E-state index contributed by atoms with van der Waals surface area (Å²) in [7, 11) is 0. The molecule has 1 amide bonds. The Hall–Kier alpha value is -2.43. The van der Waals surface area contributed by atoms with E-state index in [0.29, 0.717) is 13.1 Å². The molecule has 1 aliphatic heterocycles. The SMILES string of the molecule is C[C@@H]1CN(C(=O)Cc2cnc3ccccc3c2)C[C@H]1C(=O)O. The molecule has 2 atom stereocenters. The second kappa shape index (κ2) is 5.75. The molecule has 1 N–H and O–H groups in total. The van der Waals surface area contributed by atoms with E-state index in [4.69, 9.17) is 5.11 Å². The summed E-state index contributed by atoms with van der Waals surface area (Å²) >= 11 is 0. The van der Waals surface area contributed by atoms with Crippen LogP contribution in [0.2, 0.25) is 0 Å². The Balaban J connectivity index is 1.72. The van der Waals surface area contributed by atoms with Crippen LogP contribution in [0.5, 0.6) is 0 Å². The molecule has 1 fully saturated rings. The molecule has 0 aliphatic carbocycles. The van der Waals surface area contributed by atoms with Crippen LogP contribution in [0.1, 0.15) is 12.5 Å². The number of pyridine rings is 1. The zero-order valence-corrected chi connectivity index (χ0v) is 12.4. The van der Waals surface area contributed by atoms with Crippen LogP contribution in [0.15, 0.2) is 36.5 Å². The predicted molar refractivity (Wildman–Crippen MR) is 82.3 cm³/mol. The number of nitrogens with zero attached hydrogens (tertiary/aromatic N) is 2. The van der Waals surface area contributed by atoms with Crippen molar-refractivity contribution in [2.45, 2.75) is 13.3 Å². The summed E-state index contributed by atoms with van der Waals surface area (Å²) in [5, 5.41) is 10.1. The van der Waals surface area contributed by atoms with Gasteiger partial charge in [0, 0.05) is 24.7 Å². The van der Waals surface area contributed by atoms with E-state index < -0.39 is 11.9 Å². The molecule has 0 bridgehead atoms. The third kappa shape index (κ3) is 2.79. The molecule has 1 aromatic heterocycles. The first-order valence-corrected chi connectivity index (χ1v) is 7.39. The molecular formula is C17H18N2O3. The standard InChI is InChI=1S/C17H18N2O3/c1-11-9-19(10-14(11)17(21)22)16(20)7-12-6-13-4-2-3-5-15(13)18-8-12/h2-6,8,11,14H,7,9-10H2,1H3,(H,21,22)/t11-,14-/m1/s1. The first kappa shape index (κ1) is 14.5. The lowest BCUT2D eigenvalue weighted by Gasteiger charge is -2.16. The van der Waals surface area contributed by atoms with Crippen molar-refractivity contribution >= 4 is 22.8 Å². The highest BCUT2D eigenvalue weighted by Crippen LogP contribution is 2.24. The number of carbonyl (C=O) groups excluding carboxylic acids is 1. The second-order valence-electron chi connectivity index (χ2n) is 5.93. The summed E-state index contributed by atoms with van der Waals surface area (Å²) in [4.78, 5) is 29.5. The van der Waals surface area contributed by atoms with E-state index in [9.17, 15) is 9.59 Å². The first-order valence-electron chi connectivity index (χ1n) is 7.39. The highest BCUT2D eigenvalue weighted by atomic mass is 16.4. The first-order chi connectivity index (χ1) is 10.5. The van der Waals surface area contributed by atoms with Gasteiger partial charge in [0.25, 0.3) is 0 Å². The van der Waals surface area contributed by atoms with E-state index in [0.717, 1.165) is 16.5 Å². The van der Waals surface area contributed by atoms with Crippen LogP contribution in [0.3, 0.4) is 0 Å². The Morgan fingerprint density at radius 2 is 2.09 bits per heavy atom. The minimum Gasteiger partial charge on any atom is -0.481 e. The fraction of sp³-hybridized carbons (Fsp3) is 0.353. The molecule has 0 saturated carbocycles. The van der Waals surface area contributed by atoms with Crippen molar-refractivity contribution in [3.8, 4) is 0 Å². The number of para-hydroxylation sites is 1. The lowest BCUT2D eigenvalue weighted by atomic mass is 9.99. The molecule has 1 aliphatic rings. The number of fused-ring (bicyclic) bond motifs is 1. The molecular weight excluding hydrogens is 280 g/mol. The van der Waals surface area contributed by atoms with Gasteiger partial charge in [-0.2, -0.15) is 0 Å². The number of carboxylic acid groups (broad SMARTS) is 1. The number of hydrogen-bond acceptors (Lipinski definition) is 3. The molecule has 0 unspecified atom stereocenters. The molecule has 2 aromatic rings. The molecule has 114 valence electrons. The van der Waals surface area contributed by atoms with Gasteiger partial charge in [0.2, 0.25) is 5.91 Å². The van der Waals surface area contributed by atoms with Gasteiger partial charge in [0.15, 0.2) is 0 Å². The molecule has 5 heteroatoms. The van der Waals surface area contributed by atoms with E-state index in [-0.39, 0.29) is 18.2 Å². The number of amides is 1. The van der Waals surface area contributed by atoms with Crippen molar-refractivity contribution < 1.29 is 14.7 Å². The maximum absolute atomic E-state index is 12.4. The molecule has 22 heavy (non-hydrogen) atoms. The van der Waals surface area contributed by atoms with Crippen LogP contribution in [-0.4, -0.2) is 40.0 Å². The average molecular weight is 298 g/mol. The normalized spacial score (nSPS) is 21.2. The minimum absolute atomic E-state index is 0.00354. The van der Waals surface area contributed by atoms with Crippen molar-refractivity contribution in [1.29, 1.82) is 0 Å². The maximum Gasteiger partial charge on any atom is 0.308 e. The summed E-state index contributed by atoms with van der Waals surface area (Å²) in [5.74, 6) is -1.32. The number of benzene rings is 1. The number of hydrogen-bond donors (Lipinski definition) is 1. The predicted octanol–water partition coefficient (Wildman–Crippen LogP) is 1.96. The number of aromatic nitrogens is 1. The number of aliphatic carboxylic acids is 1. The Kier molecular flexibility index (Phi) is 3.79. The van der Waals surface area contributed by atoms with Gasteiger partial charge in [0.1, 0.15) is 0 Å². The summed E-state index contributed by atoms with van der Waals surface area (Å²) in [6.45, 7) is 2.69. The monoisotopic (exact) mass is 298 g/mol. The van der Waals surface area contributed by atoms with Gasteiger partial charge in [-0.1, -0.05) is 25.1 Å². The fourth-order valence-electron chi connectivity index (χ4n) is 2.99. The Bertz CT molecular complexity index is 729. The van der Waals surface area contributed by atoms with Gasteiger partial charge in [0.05, 0.1) is 17.9 Å². The Morgan fingerprint density at radius 3 is 2.82 bits per heavy atom. The van der Waals surface area contributed by atoms with E-state index in [1.165, 1.54) is 0 Å². The van der Waals surface area contributed by atoms with Crippen molar-refractivity contribution in [1.82, 2.24) is 9.88 Å². The maximum atomic E-state index is 12.4. The van der Waals surface area contributed by atoms with E-state index in [2.05, 4.69) is 4.98 Å². The zero-order valence-electron chi connectivity index (χ0n) is 12.4. The van der Waals surface area contributed by atoms with Crippen molar-refractivity contribution in [3.05, 3.63) is 42.1 Å². The summed E-state index contributed by atoms with van der Waals surface area (Å²) < 4.78 is 0. The number of carbonyl (C=O) groups is 2. The zero-order chi connectivity index (χ0) is 15.7. The number of likely N-dealkylation sites (tertiary alicyclic amines) is 1. The molecule has 5 nitrogen and oxygen atoms in total. The molecule has 2 heterocycles. The highest BCUT2D eigenvalue weighted by molar-refractivity contribution is 5.83. The minimum atomic E-state index is -0.824. The van der Waals surface area contributed by atoms with Crippen molar-refractivity contribution in [2.75, 3.05) is 13.1 Å². The largest absolute Gasteiger partial charge is 0.481 e. The van der Waals surface area contributed by atoms with E-state index >= 15 is 0 Å². The van der Waals surface area contributed by atoms with Gasteiger partial charge >= 0.3 is 5.97 Å². The molecule has 0 spiro atoms.